The Bertz CT molecular complexity index is 793. The van der Waals surface area contributed by atoms with Gasteiger partial charge in [0.25, 0.3) is 5.56 Å². The average Bonchev–Trinajstić information content (AvgIpc) is 3.53. The van der Waals surface area contributed by atoms with Gasteiger partial charge in [-0.15, -0.1) is 0 Å². The number of hydrogen-bond acceptors (Lipinski definition) is 2. The molecule has 1 aliphatic rings. The SMILES string of the molecule is C=C(C)Nc1cc(C(CCC2CC2)n2ccccc2=O)ccc1F.CC.CC. The van der Waals surface area contributed by atoms with E-state index in [2.05, 4.69) is 11.9 Å². The number of rotatable bonds is 7. The van der Waals surface area contributed by atoms with Gasteiger partial charge in [0.1, 0.15) is 5.82 Å². The Labute approximate surface area is 169 Å². The molecule has 1 heterocycles. The number of anilines is 1. The molecule has 3 rings (SSSR count). The van der Waals surface area contributed by atoms with Gasteiger partial charge in [-0.25, -0.2) is 4.39 Å². The van der Waals surface area contributed by atoms with Crippen molar-refractivity contribution in [2.45, 2.75) is 66.3 Å². The van der Waals surface area contributed by atoms with Crippen LogP contribution >= 0.6 is 0 Å². The maximum atomic E-state index is 14.0. The number of halogens is 1. The molecule has 1 fully saturated rings. The third-order valence-electron chi connectivity index (χ3n) is 4.46. The number of pyridine rings is 1. The summed E-state index contributed by atoms with van der Waals surface area (Å²) in [5, 5.41) is 2.95. The Balaban J connectivity index is 0.000000921. The van der Waals surface area contributed by atoms with E-state index in [9.17, 15) is 9.18 Å². The highest BCUT2D eigenvalue weighted by molar-refractivity contribution is 5.51. The first-order chi connectivity index (χ1) is 13.5. The van der Waals surface area contributed by atoms with Crippen LogP contribution in [0.25, 0.3) is 0 Å². The number of aromatic nitrogens is 1. The van der Waals surface area contributed by atoms with Crippen LogP contribution in [0.15, 0.2) is 59.7 Å². The van der Waals surface area contributed by atoms with Gasteiger partial charge in [-0.3, -0.25) is 4.79 Å². The summed E-state index contributed by atoms with van der Waals surface area (Å²) in [7, 11) is 0. The minimum Gasteiger partial charge on any atom is -0.357 e. The Hall–Kier alpha value is -2.36. The molecule has 1 N–H and O–H groups in total. The van der Waals surface area contributed by atoms with Gasteiger partial charge in [0.05, 0.1) is 11.7 Å². The minimum atomic E-state index is -0.317. The molecular formula is C24H35FN2O. The second-order valence-electron chi connectivity index (χ2n) is 6.63. The number of nitrogens with one attached hydrogen (secondary N) is 1. The molecule has 0 radical (unpaired) electrons. The molecular weight excluding hydrogens is 351 g/mol. The lowest BCUT2D eigenvalue weighted by molar-refractivity contribution is 0.487. The van der Waals surface area contributed by atoms with Gasteiger partial charge in [0, 0.05) is 18.0 Å². The van der Waals surface area contributed by atoms with E-state index >= 15 is 0 Å². The summed E-state index contributed by atoms with van der Waals surface area (Å²) in [6.45, 7) is 13.6. The van der Waals surface area contributed by atoms with Gasteiger partial charge in [0.2, 0.25) is 0 Å². The third kappa shape index (κ3) is 6.99. The molecule has 1 atom stereocenters. The third-order valence-corrected chi connectivity index (χ3v) is 4.46. The fraction of sp³-hybridized carbons (Fsp3) is 0.458. The predicted octanol–water partition coefficient (Wildman–Crippen LogP) is 6.76. The van der Waals surface area contributed by atoms with Gasteiger partial charge in [0.15, 0.2) is 0 Å². The monoisotopic (exact) mass is 386 g/mol. The molecule has 0 bridgehead atoms. The Morgan fingerprint density at radius 2 is 1.89 bits per heavy atom. The highest BCUT2D eigenvalue weighted by Gasteiger charge is 2.24. The van der Waals surface area contributed by atoms with Gasteiger partial charge < -0.3 is 9.88 Å². The van der Waals surface area contributed by atoms with E-state index in [-0.39, 0.29) is 17.4 Å². The summed E-state index contributed by atoms with van der Waals surface area (Å²) in [6, 6.07) is 10.1. The van der Waals surface area contributed by atoms with Crippen molar-refractivity contribution in [1.82, 2.24) is 4.57 Å². The molecule has 1 unspecified atom stereocenters. The van der Waals surface area contributed by atoms with E-state index in [0.29, 0.717) is 11.4 Å². The largest absolute Gasteiger partial charge is 0.357 e. The lowest BCUT2D eigenvalue weighted by atomic mass is 9.99. The molecule has 1 aromatic carbocycles. The average molecular weight is 387 g/mol. The standard InChI is InChI=1S/C20H23FN2O.2C2H6/c1-14(2)22-18-13-16(9-10-17(18)21)19(11-8-15-6-7-15)23-12-4-3-5-20(23)24;2*1-2/h3-5,9-10,12-13,15,19,22H,1,6-8,11H2,2H3;2*1-2H3. The molecule has 1 saturated carbocycles. The summed E-state index contributed by atoms with van der Waals surface area (Å²) >= 11 is 0. The molecule has 154 valence electrons. The van der Waals surface area contributed by atoms with E-state index in [0.717, 1.165) is 24.3 Å². The van der Waals surface area contributed by atoms with Crippen molar-refractivity contribution in [2.75, 3.05) is 5.32 Å². The highest BCUT2D eigenvalue weighted by Crippen LogP contribution is 2.37. The first-order valence-electron chi connectivity index (χ1n) is 10.4. The molecule has 1 aromatic heterocycles. The summed E-state index contributed by atoms with van der Waals surface area (Å²) < 4.78 is 15.8. The Morgan fingerprint density at radius 3 is 2.46 bits per heavy atom. The number of allylic oxidation sites excluding steroid dienone is 1. The van der Waals surface area contributed by atoms with Crippen LogP contribution in [-0.2, 0) is 0 Å². The Morgan fingerprint density at radius 1 is 1.21 bits per heavy atom. The van der Waals surface area contributed by atoms with Gasteiger partial charge in [-0.2, -0.15) is 0 Å². The maximum Gasteiger partial charge on any atom is 0.251 e. The topological polar surface area (TPSA) is 34.0 Å². The van der Waals surface area contributed by atoms with E-state index in [1.54, 1.807) is 35.8 Å². The van der Waals surface area contributed by atoms with Crippen LogP contribution in [0.5, 0.6) is 0 Å². The van der Waals surface area contributed by atoms with Crippen molar-refractivity contribution >= 4 is 5.69 Å². The normalized spacial score (nSPS) is 13.4. The lowest BCUT2D eigenvalue weighted by Crippen LogP contribution is -2.24. The summed E-state index contributed by atoms with van der Waals surface area (Å²) in [5.74, 6) is 0.462. The predicted molar refractivity (Wildman–Crippen MR) is 118 cm³/mol. The van der Waals surface area contributed by atoms with E-state index < -0.39 is 0 Å². The number of benzene rings is 1. The van der Waals surface area contributed by atoms with Gasteiger partial charge in [-0.1, -0.05) is 59.2 Å². The highest BCUT2D eigenvalue weighted by atomic mass is 19.1. The second kappa shape index (κ2) is 12.2. The molecule has 0 aliphatic heterocycles. The van der Waals surface area contributed by atoms with Crippen molar-refractivity contribution in [3.63, 3.8) is 0 Å². The van der Waals surface area contributed by atoms with Gasteiger partial charge >= 0.3 is 0 Å². The van der Waals surface area contributed by atoms with Gasteiger partial charge in [-0.05, 0) is 49.4 Å². The van der Waals surface area contributed by atoms with Crippen LogP contribution in [-0.4, -0.2) is 4.57 Å². The van der Waals surface area contributed by atoms with Crippen molar-refractivity contribution in [1.29, 1.82) is 0 Å². The molecule has 2 aromatic rings. The first kappa shape index (κ1) is 23.7. The molecule has 0 spiro atoms. The first-order valence-corrected chi connectivity index (χ1v) is 10.4. The van der Waals surface area contributed by atoms with Crippen LogP contribution in [0, 0.1) is 11.7 Å². The quantitative estimate of drug-likeness (QED) is 0.570. The molecule has 0 saturated heterocycles. The fourth-order valence-electron chi connectivity index (χ4n) is 3.04. The van der Waals surface area contributed by atoms with E-state index in [1.807, 2.05) is 40.0 Å². The lowest BCUT2D eigenvalue weighted by Gasteiger charge is -2.21. The molecule has 28 heavy (non-hydrogen) atoms. The van der Waals surface area contributed by atoms with Crippen molar-refractivity contribution in [3.05, 3.63) is 76.6 Å². The van der Waals surface area contributed by atoms with Crippen LogP contribution in [0.3, 0.4) is 0 Å². The van der Waals surface area contributed by atoms with Crippen LogP contribution in [0.4, 0.5) is 10.1 Å². The summed E-state index contributed by atoms with van der Waals surface area (Å²) in [5.41, 5.74) is 1.99. The fourth-order valence-corrected chi connectivity index (χ4v) is 3.04. The zero-order valence-corrected chi connectivity index (χ0v) is 18.0. The van der Waals surface area contributed by atoms with Crippen molar-refractivity contribution in [3.8, 4) is 0 Å². The van der Waals surface area contributed by atoms with Crippen molar-refractivity contribution in [2.24, 2.45) is 5.92 Å². The summed E-state index contributed by atoms with van der Waals surface area (Å²) in [6.07, 6.45) is 6.35. The number of nitrogens with zero attached hydrogens (tertiary/aromatic N) is 1. The second-order valence-corrected chi connectivity index (χ2v) is 6.63. The van der Waals surface area contributed by atoms with E-state index in [1.165, 1.54) is 18.9 Å². The minimum absolute atomic E-state index is 0.0305. The zero-order chi connectivity index (χ0) is 21.1. The zero-order valence-electron chi connectivity index (χ0n) is 18.0. The van der Waals surface area contributed by atoms with E-state index in [4.69, 9.17) is 0 Å². The summed E-state index contributed by atoms with van der Waals surface area (Å²) in [4.78, 5) is 12.3. The maximum absolute atomic E-state index is 14.0. The number of hydrogen-bond donors (Lipinski definition) is 1. The molecule has 1 aliphatic carbocycles. The molecule has 4 heteroatoms. The molecule has 3 nitrogen and oxygen atoms in total. The van der Waals surface area contributed by atoms with Crippen molar-refractivity contribution < 1.29 is 4.39 Å². The Kier molecular flexibility index (Phi) is 10.3. The van der Waals surface area contributed by atoms with Crippen LogP contribution in [0.2, 0.25) is 0 Å². The smallest absolute Gasteiger partial charge is 0.251 e. The molecule has 0 amide bonds. The van der Waals surface area contributed by atoms with Crippen LogP contribution < -0.4 is 10.9 Å². The van der Waals surface area contributed by atoms with Crippen LogP contribution in [0.1, 0.15) is 71.9 Å².